The highest BCUT2D eigenvalue weighted by atomic mass is 35.5. The zero-order valence-electron chi connectivity index (χ0n) is 24.3. The Bertz CT molecular complexity index is 1320. The Kier molecular flexibility index (Phi) is 11.6. The van der Waals surface area contributed by atoms with Gasteiger partial charge in [0.25, 0.3) is 0 Å². The Morgan fingerprint density at radius 2 is 1.93 bits per heavy atom. The number of allylic oxidation sites excluding steroid dienone is 2. The molecule has 2 heterocycles. The second-order valence-electron chi connectivity index (χ2n) is 11.9. The fourth-order valence-corrected chi connectivity index (χ4v) is 7.20. The molecule has 1 aliphatic heterocycles. The van der Waals surface area contributed by atoms with E-state index in [0.29, 0.717) is 32.1 Å². The number of aryl methyl sites for hydroxylation is 1. The van der Waals surface area contributed by atoms with E-state index in [9.17, 15) is 35.1 Å². The molecule has 1 saturated carbocycles. The normalized spacial score (nSPS) is 30.0. The van der Waals surface area contributed by atoms with Gasteiger partial charge in [0.1, 0.15) is 24.1 Å². The Balaban J connectivity index is 1.25. The highest BCUT2D eigenvalue weighted by molar-refractivity contribution is 7.19. The summed E-state index contributed by atoms with van der Waals surface area (Å²) in [6.07, 6.45) is 2.51. The van der Waals surface area contributed by atoms with Crippen LogP contribution in [0.3, 0.4) is 0 Å². The minimum Gasteiger partial charge on any atom is -0.433 e. The number of carbonyl (C=O) groups excluding carboxylic acids is 2. The lowest BCUT2D eigenvalue weighted by Gasteiger charge is -2.34. The molecule has 0 bridgehead atoms. The van der Waals surface area contributed by atoms with Crippen molar-refractivity contribution in [1.82, 2.24) is 0 Å². The summed E-state index contributed by atoms with van der Waals surface area (Å²) in [4.78, 5) is 26.3. The van der Waals surface area contributed by atoms with E-state index < -0.39 is 60.0 Å². The first kappa shape index (κ1) is 33.7. The van der Waals surface area contributed by atoms with Crippen molar-refractivity contribution in [3.05, 3.63) is 58.5 Å². The Labute approximate surface area is 260 Å². The van der Waals surface area contributed by atoms with E-state index in [-0.39, 0.29) is 18.8 Å². The van der Waals surface area contributed by atoms with Crippen molar-refractivity contribution in [2.24, 2.45) is 17.3 Å². The number of aliphatic hydroxyl groups excluding tert-OH is 5. The van der Waals surface area contributed by atoms with E-state index in [2.05, 4.69) is 0 Å². The number of rotatable bonds is 12. The largest absolute Gasteiger partial charge is 0.433 e. The van der Waals surface area contributed by atoms with Crippen LogP contribution >= 0.6 is 22.9 Å². The molecule has 2 aliphatic rings. The predicted molar refractivity (Wildman–Crippen MR) is 164 cm³/mol. The number of carbonyl (C=O) groups is 2. The minimum absolute atomic E-state index is 0.0345. The van der Waals surface area contributed by atoms with Crippen LogP contribution < -0.4 is 0 Å². The summed E-state index contributed by atoms with van der Waals surface area (Å²) in [5.41, 5.74) is -0.914. The van der Waals surface area contributed by atoms with Crippen molar-refractivity contribution >= 4 is 44.8 Å². The summed E-state index contributed by atoms with van der Waals surface area (Å²) in [5.74, 6) is -1.53. The maximum atomic E-state index is 13.2. The average molecular weight is 637 g/mol. The number of Topliss-reactive ketones (excluding diaryl/α,β-unsaturated/α-hetero) is 1. The molecule has 0 amide bonds. The lowest BCUT2D eigenvalue weighted by molar-refractivity contribution is -0.262. The predicted octanol–water partition coefficient (Wildman–Crippen LogP) is 3.71. The third-order valence-corrected chi connectivity index (χ3v) is 10.1. The van der Waals surface area contributed by atoms with Crippen molar-refractivity contribution in [2.75, 3.05) is 6.61 Å². The molecular weight excluding hydrogens is 596 g/mol. The average Bonchev–Trinajstić information content (AvgIpc) is 3.38. The lowest BCUT2D eigenvalue weighted by atomic mass is 9.86. The van der Waals surface area contributed by atoms with Crippen LogP contribution in [0.2, 0.25) is 5.02 Å². The monoisotopic (exact) mass is 636 g/mol. The molecular formula is C32H41ClO9S. The van der Waals surface area contributed by atoms with Gasteiger partial charge >= 0.3 is 5.97 Å². The Hall–Kier alpha value is -2.15. The van der Waals surface area contributed by atoms with E-state index in [0.717, 1.165) is 20.0 Å². The summed E-state index contributed by atoms with van der Waals surface area (Å²) in [5, 5.41) is 52.5. The van der Waals surface area contributed by atoms with Crippen LogP contribution in [0.5, 0.6) is 0 Å². The van der Waals surface area contributed by atoms with Crippen LogP contribution in [0.25, 0.3) is 10.1 Å². The Morgan fingerprint density at radius 1 is 1.19 bits per heavy atom. The quantitative estimate of drug-likeness (QED) is 0.133. The number of thiophene rings is 1. The lowest BCUT2D eigenvalue weighted by Crippen LogP contribution is -2.54. The van der Waals surface area contributed by atoms with Gasteiger partial charge in [-0.05, 0) is 38.2 Å². The zero-order chi connectivity index (χ0) is 31.3. The molecule has 0 spiro atoms. The number of aliphatic hydroxyl groups is 5. The van der Waals surface area contributed by atoms with Crippen molar-refractivity contribution in [1.29, 1.82) is 0 Å². The van der Waals surface area contributed by atoms with Crippen LogP contribution in [0.1, 0.15) is 50.8 Å². The highest BCUT2D eigenvalue weighted by Gasteiger charge is 2.52. The molecule has 2 aromatic rings. The van der Waals surface area contributed by atoms with E-state index in [1.54, 1.807) is 37.3 Å². The first-order chi connectivity index (χ1) is 20.4. The number of unbranched alkanes of at least 4 members (excludes halogenated alkanes) is 1. The van der Waals surface area contributed by atoms with Gasteiger partial charge in [-0.1, -0.05) is 68.0 Å². The molecule has 4 rings (SSSR count). The molecule has 236 valence electrons. The minimum atomic E-state index is -1.53. The third-order valence-electron chi connectivity index (χ3n) is 8.37. The van der Waals surface area contributed by atoms with Crippen LogP contribution in [0.4, 0.5) is 0 Å². The number of halogens is 1. The molecule has 5 N–H and O–H groups in total. The number of esters is 1. The molecule has 1 aromatic carbocycles. The summed E-state index contributed by atoms with van der Waals surface area (Å²) >= 11 is 8.15. The van der Waals surface area contributed by atoms with Gasteiger partial charge in [0.05, 0.1) is 29.3 Å². The second kappa shape index (κ2) is 14.8. The number of hydrogen-bond acceptors (Lipinski definition) is 10. The molecule has 8 atom stereocenters. The molecule has 11 heteroatoms. The summed E-state index contributed by atoms with van der Waals surface area (Å²) in [7, 11) is 0. The first-order valence-electron chi connectivity index (χ1n) is 14.7. The first-order valence-corrected chi connectivity index (χ1v) is 15.9. The van der Waals surface area contributed by atoms with Gasteiger partial charge in [0.2, 0.25) is 6.29 Å². The van der Waals surface area contributed by atoms with Crippen LogP contribution in [-0.2, 0) is 25.5 Å². The summed E-state index contributed by atoms with van der Waals surface area (Å²) in [6.45, 7) is 3.23. The third kappa shape index (κ3) is 7.93. The summed E-state index contributed by atoms with van der Waals surface area (Å²) in [6, 6.07) is 7.92. The number of fused-ring (bicyclic) bond motifs is 1. The van der Waals surface area contributed by atoms with Gasteiger partial charge in [-0.25, -0.2) is 0 Å². The van der Waals surface area contributed by atoms with E-state index in [1.807, 2.05) is 36.4 Å². The van der Waals surface area contributed by atoms with Crippen LogP contribution in [0.15, 0.2) is 48.6 Å². The fourth-order valence-electron chi connectivity index (χ4n) is 5.66. The van der Waals surface area contributed by atoms with Gasteiger partial charge in [0.15, 0.2) is 0 Å². The molecule has 9 nitrogen and oxygen atoms in total. The maximum absolute atomic E-state index is 13.2. The SMILES string of the molecule is CC1(C)C(=O)[C@H](C/C=C\CCCC(=O)OC2OC[C@@H](O)[C@H](O)[C@H]2O)[C@@H](/C=C/C(O)CCc2sc3ccccc3c2Cl)[C@@H]1O. The Morgan fingerprint density at radius 3 is 2.67 bits per heavy atom. The number of hydrogen-bond donors (Lipinski definition) is 5. The van der Waals surface area contributed by atoms with Gasteiger partial charge in [-0.3, -0.25) is 9.59 Å². The fraction of sp³-hybridized carbons (Fsp3) is 0.562. The van der Waals surface area contributed by atoms with Crippen molar-refractivity contribution in [2.45, 2.75) is 89.2 Å². The number of ketones is 1. The zero-order valence-corrected chi connectivity index (χ0v) is 25.9. The summed E-state index contributed by atoms with van der Waals surface area (Å²) < 4.78 is 11.3. The van der Waals surface area contributed by atoms with Crippen molar-refractivity contribution < 1.29 is 44.6 Å². The topological polar surface area (TPSA) is 154 Å². The second-order valence-corrected chi connectivity index (χ2v) is 13.4. The van der Waals surface area contributed by atoms with Gasteiger partial charge in [0, 0.05) is 33.2 Å². The molecule has 2 unspecified atom stereocenters. The van der Waals surface area contributed by atoms with Gasteiger partial charge < -0.3 is 35.0 Å². The molecule has 43 heavy (non-hydrogen) atoms. The van der Waals surface area contributed by atoms with Gasteiger partial charge in [-0.15, -0.1) is 11.3 Å². The van der Waals surface area contributed by atoms with Crippen LogP contribution in [-0.4, -0.2) is 80.7 Å². The van der Waals surface area contributed by atoms with Crippen molar-refractivity contribution in [3.63, 3.8) is 0 Å². The highest BCUT2D eigenvalue weighted by Crippen LogP contribution is 2.45. The van der Waals surface area contributed by atoms with E-state index >= 15 is 0 Å². The molecule has 1 aromatic heterocycles. The van der Waals surface area contributed by atoms with Crippen molar-refractivity contribution in [3.8, 4) is 0 Å². The molecule has 1 aliphatic carbocycles. The number of benzene rings is 1. The smallest absolute Gasteiger partial charge is 0.308 e. The van der Waals surface area contributed by atoms with Crippen LogP contribution in [0, 0.1) is 17.3 Å². The van der Waals surface area contributed by atoms with E-state index in [4.69, 9.17) is 21.1 Å². The molecule has 0 radical (unpaired) electrons. The standard InChI is InChI=1S/C32H41ClO9S/c1-32(2)29(39)19(9-5-3-4-6-12-25(36)42-31-28(38)27(37)22(35)17-41-31)20(30(32)40)15-13-18(34)14-16-24-26(33)21-10-7-8-11-23(21)43-24/h3,5,7-8,10-11,13,15,18-20,22,27-28,30-31,34-35,37-38,40H,4,6,9,12,14,16-17H2,1-2H3/b5-3-,15-13+/t18?,19-,20-,22-,27+,28-,30+,31?/m1/s1. The molecule has 1 saturated heterocycles. The maximum Gasteiger partial charge on any atom is 0.308 e. The van der Waals surface area contributed by atoms with Gasteiger partial charge in [-0.2, -0.15) is 0 Å². The van der Waals surface area contributed by atoms with E-state index in [1.165, 1.54) is 0 Å². The molecule has 2 fully saturated rings. The number of ether oxygens (including phenoxy) is 2.